The predicted molar refractivity (Wildman–Crippen MR) is 72.3 cm³/mol. The molecule has 1 saturated heterocycles. The lowest BCUT2D eigenvalue weighted by Crippen LogP contribution is -2.39. The molecule has 2 N–H and O–H groups in total. The summed E-state index contributed by atoms with van der Waals surface area (Å²) in [6.07, 6.45) is 2.09. The number of carbonyl (C=O) groups excluding carboxylic acids is 1. The average Bonchev–Trinajstić information content (AvgIpc) is 2.92. The van der Waals surface area contributed by atoms with Gasteiger partial charge in [0.1, 0.15) is 6.04 Å². The molecule has 0 spiro atoms. The first kappa shape index (κ1) is 13.4. The Kier molecular flexibility index (Phi) is 4.04. The van der Waals surface area contributed by atoms with Crippen molar-refractivity contribution < 1.29 is 14.7 Å². The van der Waals surface area contributed by atoms with Crippen molar-refractivity contribution in [1.29, 1.82) is 0 Å². The molecule has 1 atom stereocenters. The number of nitrogens with zero attached hydrogens (tertiary/aromatic N) is 1. The molecule has 0 bridgehead atoms. The van der Waals surface area contributed by atoms with E-state index in [-0.39, 0.29) is 11.5 Å². The van der Waals surface area contributed by atoms with Crippen LogP contribution in [0.1, 0.15) is 30.1 Å². The number of benzene rings is 1. The fourth-order valence-electron chi connectivity index (χ4n) is 2.30. The van der Waals surface area contributed by atoms with Gasteiger partial charge in [0.05, 0.1) is 5.56 Å². The number of hydrogen-bond donors (Lipinski definition) is 2. The number of hydrogen-bond acceptors (Lipinski definition) is 3. The van der Waals surface area contributed by atoms with Crippen LogP contribution in [0.2, 0.25) is 0 Å². The van der Waals surface area contributed by atoms with Gasteiger partial charge in [-0.15, -0.1) is 0 Å². The molecule has 0 radical (unpaired) electrons. The molecular formula is C14H18N2O3. The zero-order valence-corrected chi connectivity index (χ0v) is 10.9. The molecule has 2 rings (SSSR count). The number of anilines is 1. The van der Waals surface area contributed by atoms with Crippen LogP contribution in [-0.4, -0.2) is 41.0 Å². The summed E-state index contributed by atoms with van der Waals surface area (Å²) < 4.78 is 0. The monoisotopic (exact) mass is 262 g/mol. The van der Waals surface area contributed by atoms with Crippen molar-refractivity contribution in [2.45, 2.75) is 25.8 Å². The molecule has 1 aliphatic rings. The molecule has 1 aromatic carbocycles. The van der Waals surface area contributed by atoms with Crippen molar-refractivity contribution in [3.05, 3.63) is 29.8 Å². The van der Waals surface area contributed by atoms with Gasteiger partial charge in [-0.2, -0.15) is 0 Å². The van der Waals surface area contributed by atoms with Gasteiger partial charge in [0.15, 0.2) is 0 Å². The van der Waals surface area contributed by atoms with E-state index in [1.165, 1.54) is 6.07 Å². The van der Waals surface area contributed by atoms with E-state index in [2.05, 4.69) is 5.32 Å². The van der Waals surface area contributed by atoms with Gasteiger partial charge < -0.3 is 15.3 Å². The minimum absolute atomic E-state index is 0.0256. The number of aromatic carboxylic acids is 1. The van der Waals surface area contributed by atoms with Crippen molar-refractivity contribution in [3.63, 3.8) is 0 Å². The maximum atomic E-state index is 12.1. The molecule has 5 heteroatoms. The fourth-order valence-corrected chi connectivity index (χ4v) is 2.30. The molecule has 1 unspecified atom stereocenters. The van der Waals surface area contributed by atoms with E-state index in [0.29, 0.717) is 5.69 Å². The first-order valence-electron chi connectivity index (χ1n) is 6.47. The molecule has 19 heavy (non-hydrogen) atoms. The molecule has 1 amide bonds. The number of rotatable bonds is 4. The van der Waals surface area contributed by atoms with Crippen LogP contribution in [0.25, 0.3) is 0 Å². The van der Waals surface area contributed by atoms with Crippen LogP contribution in [0, 0.1) is 0 Å². The van der Waals surface area contributed by atoms with Gasteiger partial charge in [0, 0.05) is 18.8 Å². The number of carboxylic acids is 1. The van der Waals surface area contributed by atoms with Crippen LogP contribution in [0.15, 0.2) is 24.3 Å². The van der Waals surface area contributed by atoms with Gasteiger partial charge >= 0.3 is 5.97 Å². The Labute approximate surface area is 112 Å². The Morgan fingerprint density at radius 1 is 1.26 bits per heavy atom. The maximum absolute atomic E-state index is 12.1. The minimum atomic E-state index is -0.996. The Balaban J connectivity index is 2.08. The van der Waals surface area contributed by atoms with E-state index in [9.17, 15) is 9.59 Å². The second-order valence-corrected chi connectivity index (χ2v) is 4.75. The standard InChI is InChI=1S/C14H18N2O3/c1-10(13(17)16-8-4-5-9-16)15-12-7-3-2-6-11(12)14(18)19/h2-3,6-7,10,15H,4-5,8-9H2,1H3,(H,18,19). The number of carboxylic acid groups (broad SMARTS) is 1. The minimum Gasteiger partial charge on any atom is -0.478 e. The van der Waals surface area contributed by atoms with Gasteiger partial charge in [-0.1, -0.05) is 12.1 Å². The Morgan fingerprint density at radius 3 is 2.53 bits per heavy atom. The molecule has 0 aromatic heterocycles. The smallest absolute Gasteiger partial charge is 0.337 e. The third-order valence-corrected chi connectivity index (χ3v) is 3.32. The zero-order valence-electron chi connectivity index (χ0n) is 10.9. The van der Waals surface area contributed by atoms with Gasteiger partial charge in [-0.05, 0) is 31.9 Å². The molecule has 0 aliphatic carbocycles. The highest BCUT2D eigenvalue weighted by atomic mass is 16.4. The van der Waals surface area contributed by atoms with E-state index in [1.807, 2.05) is 4.90 Å². The predicted octanol–water partition coefficient (Wildman–Crippen LogP) is 1.81. The summed E-state index contributed by atoms with van der Waals surface area (Å²) in [5.41, 5.74) is 0.665. The van der Waals surface area contributed by atoms with Crippen molar-refractivity contribution >= 4 is 17.6 Å². The van der Waals surface area contributed by atoms with Crippen LogP contribution >= 0.6 is 0 Å². The molecule has 1 aromatic rings. The third kappa shape index (κ3) is 3.05. The second kappa shape index (κ2) is 5.73. The molecule has 1 fully saturated rings. The maximum Gasteiger partial charge on any atom is 0.337 e. The zero-order chi connectivity index (χ0) is 13.8. The van der Waals surface area contributed by atoms with Crippen molar-refractivity contribution in [3.8, 4) is 0 Å². The van der Waals surface area contributed by atoms with E-state index in [4.69, 9.17) is 5.11 Å². The lowest BCUT2D eigenvalue weighted by molar-refractivity contribution is -0.130. The topological polar surface area (TPSA) is 69.6 Å². The van der Waals surface area contributed by atoms with Gasteiger partial charge in [-0.25, -0.2) is 4.79 Å². The van der Waals surface area contributed by atoms with Crippen LogP contribution in [0.3, 0.4) is 0 Å². The highest BCUT2D eigenvalue weighted by Crippen LogP contribution is 2.17. The number of nitrogens with one attached hydrogen (secondary N) is 1. The van der Waals surface area contributed by atoms with Gasteiger partial charge in [-0.3, -0.25) is 4.79 Å². The summed E-state index contributed by atoms with van der Waals surface area (Å²) >= 11 is 0. The molecule has 1 heterocycles. The first-order valence-corrected chi connectivity index (χ1v) is 6.47. The van der Waals surface area contributed by atoms with Crippen molar-refractivity contribution in [1.82, 2.24) is 4.90 Å². The van der Waals surface area contributed by atoms with Crippen LogP contribution in [0.5, 0.6) is 0 Å². The number of para-hydroxylation sites is 1. The normalized spacial score (nSPS) is 16.2. The summed E-state index contributed by atoms with van der Waals surface area (Å²) in [6, 6.07) is 6.21. The number of carbonyl (C=O) groups is 2. The van der Waals surface area contributed by atoms with E-state index >= 15 is 0 Å². The Hall–Kier alpha value is -2.04. The fraction of sp³-hybridized carbons (Fsp3) is 0.429. The molecule has 1 aliphatic heterocycles. The molecule has 5 nitrogen and oxygen atoms in total. The summed E-state index contributed by atoms with van der Waals surface area (Å²) in [4.78, 5) is 25.1. The summed E-state index contributed by atoms with van der Waals surface area (Å²) in [5, 5.41) is 12.1. The molecule has 0 saturated carbocycles. The first-order chi connectivity index (χ1) is 9.09. The van der Waals surface area contributed by atoms with Crippen molar-refractivity contribution in [2.24, 2.45) is 0 Å². The van der Waals surface area contributed by atoms with Gasteiger partial charge in [0.25, 0.3) is 0 Å². The largest absolute Gasteiger partial charge is 0.478 e. The van der Waals surface area contributed by atoms with Crippen LogP contribution in [0.4, 0.5) is 5.69 Å². The number of amides is 1. The molecular weight excluding hydrogens is 244 g/mol. The highest BCUT2D eigenvalue weighted by molar-refractivity contribution is 5.95. The van der Waals surface area contributed by atoms with E-state index in [0.717, 1.165) is 25.9 Å². The average molecular weight is 262 g/mol. The Bertz CT molecular complexity index is 481. The van der Waals surface area contributed by atoms with Crippen LogP contribution < -0.4 is 5.32 Å². The number of likely N-dealkylation sites (tertiary alicyclic amines) is 1. The Morgan fingerprint density at radius 2 is 1.89 bits per heavy atom. The molecule has 102 valence electrons. The van der Waals surface area contributed by atoms with Crippen LogP contribution in [-0.2, 0) is 4.79 Å². The van der Waals surface area contributed by atoms with E-state index < -0.39 is 12.0 Å². The highest BCUT2D eigenvalue weighted by Gasteiger charge is 2.23. The van der Waals surface area contributed by atoms with Gasteiger partial charge in [0.2, 0.25) is 5.91 Å². The second-order valence-electron chi connectivity index (χ2n) is 4.75. The summed E-state index contributed by atoms with van der Waals surface area (Å²) in [6.45, 7) is 3.36. The lowest BCUT2D eigenvalue weighted by atomic mass is 10.1. The summed E-state index contributed by atoms with van der Waals surface area (Å²) in [7, 11) is 0. The third-order valence-electron chi connectivity index (χ3n) is 3.32. The lowest BCUT2D eigenvalue weighted by Gasteiger charge is -2.22. The van der Waals surface area contributed by atoms with E-state index in [1.54, 1.807) is 25.1 Å². The quantitative estimate of drug-likeness (QED) is 0.868. The van der Waals surface area contributed by atoms with Crippen molar-refractivity contribution in [2.75, 3.05) is 18.4 Å². The SMILES string of the molecule is CC(Nc1ccccc1C(=O)O)C(=O)N1CCCC1. The summed E-state index contributed by atoms with van der Waals surface area (Å²) in [5.74, 6) is -0.971.